The molecular weight excluding hydrogens is 357 g/mol. The van der Waals surface area contributed by atoms with Crippen LogP contribution in [0.5, 0.6) is 0 Å². The standard InChI is InChI=1S/C20H22FNO3.ClH/c21-17-8-6-16(7-9-17)20(15-4-2-1-3-5-15)25-18-10-12-22(13-11-18)14-19(23)24;/h1-9,18,20H,10-14H2,(H,23,24);1H. The molecule has 26 heavy (non-hydrogen) atoms. The Labute approximate surface area is 159 Å². The molecule has 1 fully saturated rings. The van der Waals surface area contributed by atoms with Gasteiger partial charge in [0.1, 0.15) is 11.9 Å². The smallest absolute Gasteiger partial charge is 0.317 e. The number of ether oxygens (including phenoxy) is 1. The maximum Gasteiger partial charge on any atom is 0.317 e. The van der Waals surface area contributed by atoms with Crippen molar-refractivity contribution < 1.29 is 19.0 Å². The second-order valence-electron chi connectivity index (χ2n) is 6.35. The molecule has 2 aromatic rings. The molecule has 1 heterocycles. The number of hydrogen-bond donors (Lipinski definition) is 1. The maximum atomic E-state index is 13.3. The number of aliphatic carboxylic acids is 1. The molecule has 1 N–H and O–H groups in total. The summed E-state index contributed by atoms with van der Waals surface area (Å²) < 4.78 is 19.6. The monoisotopic (exact) mass is 379 g/mol. The zero-order valence-corrected chi connectivity index (χ0v) is 15.2. The van der Waals surface area contributed by atoms with Gasteiger partial charge in [-0.3, -0.25) is 9.69 Å². The van der Waals surface area contributed by atoms with Crippen molar-refractivity contribution in [3.05, 3.63) is 71.5 Å². The van der Waals surface area contributed by atoms with E-state index in [9.17, 15) is 9.18 Å². The van der Waals surface area contributed by atoms with Gasteiger partial charge in [0.05, 0.1) is 12.6 Å². The first-order chi connectivity index (χ1) is 12.1. The molecule has 4 nitrogen and oxygen atoms in total. The minimum Gasteiger partial charge on any atom is -0.480 e. The molecule has 0 aliphatic carbocycles. The highest BCUT2D eigenvalue weighted by molar-refractivity contribution is 5.85. The van der Waals surface area contributed by atoms with Crippen molar-refractivity contribution in [1.29, 1.82) is 0 Å². The van der Waals surface area contributed by atoms with Crippen LogP contribution < -0.4 is 0 Å². The molecule has 2 aromatic carbocycles. The molecule has 0 radical (unpaired) electrons. The first-order valence-corrected chi connectivity index (χ1v) is 8.52. The van der Waals surface area contributed by atoms with Gasteiger partial charge in [0.2, 0.25) is 0 Å². The second-order valence-corrected chi connectivity index (χ2v) is 6.35. The third kappa shape index (κ3) is 5.53. The average Bonchev–Trinajstić information content (AvgIpc) is 2.62. The van der Waals surface area contributed by atoms with Crippen LogP contribution in [-0.2, 0) is 9.53 Å². The Kier molecular flexibility index (Phi) is 7.57. The van der Waals surface area contributed by atoms with Gasteiger partial charge in [-0.15, -0.1) is 12.4 Å². The average molecular weight is 380 g/mol. The summed E-state index contributed by atoms with van der Waals surface area (Å²) in [6.45, 7) is 1.50. The highest BCUT2D eigenvalue weighted by atomic mass is 35.5. The van der Waals surface area contributed by atoms with Crippen LogP contribution in [0.4, 0.5) is 4.39 Å². The molecular formula is C20H23ClFNO3. The minimum atomic E-state index is -0.798. The molecule has 1 aliphatic heterocycles. The quantitative estimate of drug-likeness (QED) is 0.826. The number of nitrogens with zero attached hydrogens (tertiary/aromatic N) is 1. The van der Waals surface area contributed by atoms with Crippen molar-refractivity contribution in [2.75, 3.05) is 19.6 Å². The van der Waals surface area contributed by atoms with Gasteiger partial charge in [0.15, 0.2) is 0 Å². The molecule has 1 saturated heterocycles. The zero-order chi connectivity index (χ0) is 17.6. The van der Waals surface area contributed by atoms with Crippen LogP contribution in [0.25, 0.3) is 0 Å². The predicted molar refractivity (Wildman–Crippen MR) is 100 cm³/mol. The Morgan fingerprint density at radius 2 is 1.65 bits per heavy atom. The topological polar surface area (TPSA) is 49.8 Å². The van der Waals surface area contributed by atoms with E-state index in [4.69, 9.17) is 9.84 Å². The van der Waals surface area contributed by atoms with E-state index in [2.05, 4.69) is 0 Å². The summed E-state index contributed by atoms with van der Waals surface area (Å²) >= 11 is 0. The van der Waals surface area contributed by atoms with Gasteiger partial charge < -0.3 is 9.84 Å². The number of halogens is 2. The zero-order valence-electron chi connectivity index (χ0n) is 14.4. The number of hydrogen-bond acceptors (Lipinski definition) is 3. The lowest BCUT2D eigenvalue weighted by atomic mass is 10.00. The maximum absolute atomic E-state index is 13.3. The summed E-state index contributed by atoms with van der Waals surface area (Å²) in [5.41, 5.74) is 1.95. The third-order valence-corrected chi connectivity index (χ3v) is 4.50. The van der Waals surface area contributed by atoms with Gasteiger partial charge in [-0.25, -0.2) is 4.39 Å². The normalized spacial score (nSPS) is 16.7. The molecule has 1 unspecified atom stereocenters. The summed E-state index contributed by atoms with van der Waals surface area (Å²) in [6, 6.07) is 16.3. The molecule has 1 atom stereocenters. The number of likely N-dealkylation sites (tertiary alicyclic amines) is 1. The third-order valence-electron chi connectivity index (χ3n) is 4.50. The fourth-order valence-electron chi connectivity index (χ4n) is 3.20. The SMILES string of the molecule is Cl.O=C(O)CN1CCC(OC(c2ccccc2)c2ccc(F)cc2)CC1. The molecule has 0 aromatic heterocycles. The fraction of sp³-hybridized carbons (Fsp3) is 0.350. The first kappa shape index (κ1) is 20.4. The summed E-state index contributed by atoms with van der Waals surface area (Å²) in [5, 5.41) is 8.89. The van der Waals surface area contributed by atoms with Crippen molar-refractivity contribution in [2.45, 2.75) is 25.0 Å². The number of carboxylic acids is 1. The van der Waals surface area contributed by atoms with Gasteiger partial charge in [-0.1, -0.05) is 42.5 Å². The van der Waals surface area contributed by atoms with E-state index >= 15 is 0 Å². The lowest BCUT2D eigenvalue weighted by Crippen LogP contribution is -2.40. The number of rotatable bonds is 6. The van der Waals surface area contributed by atoms with Gasteiger partial charge in [0.25, 0.3) is 0 Å². The Morgan fingerprint density at radius 1 is 1.08 bits per heavy atom. The summed E-state index contributed by atoms with van der Waals surface area (Å²) in [4.78, 5) is 12.7. The second kappa shape index (κ2) is 9.67. The van der Waals surface area contributed by atoms with Crippen LogP contribution in [0.3, 0.4) is 0 Å². The predicted octanol–water partition coefficient (Wildman–Crippen LogP) is 3.90. The molecule has 1 aliphatic rings. The highest BCUT2D eigenvalue weighted by Gasteiger charge is 2.25. The Bertz CT molecular complexity index is 688. The van der Waals surface area contributed by atoms with E-state index in [1.165, 1.54) is 12.1 Å². The number of piperidine rings is 1. The van der Waals surface area contributed by atoms with E-state index < -0.39 is 5.97 Å². The largest absolute Gasteiger partial charge is 0.480 e. The van der Waals surface area contributed by atoms with Crippen LogP contribution >= 0.6 is 12.4 Å². The van der Waals surface area contributed by atoms with E-state index in [-0.39, 0.29) is 37.0 Å². The Balaban J connectivity index is 0.00000243. The number of benzene rings is 2. The Hall–Kier alpha value is -1.95. The molecule has 0 bridgehead atoms. The van der Waals surface area contributed by atoms with Gasteiger partial charge >= 0.3 is 5.97 Å². The van der Waals surface area contributed by atoms with Crippen LogP contribution in [0, 0.1) is 5.82 Å². The first-order valence-electron chi connectivity index (χ1n) is 8.52. The van der Waals surface area contributed by atoms with Crippen LogP contribution in [0.2, 0.25) is 0 Å². The minimum absolute atomic E-state index is 0. The van der Waals surface area contributed by atoms with Crippen LogP contribution in [0.15, 0.2) is 54.6 Å². The van der Waals surface area contributed by atoms with Crippen molar-refractivity contribution in [1.82, 2.24) is 4.90 Å². The van der Waals surface area contributed by atoms with Crippen LogP contribution in [0.1, 0.15) is 30.1 Å². The summed E-state index contributed by atoms with van der Waals surface area (Å²) in [6.07, 6.45) is 1.38. The lowest BCUT2D eigenvalue weighted by molar-refractivity contribution is -0.139. The lowest BCUT2D eigenvalue weighted by Gasteiger charge is -2.33. The molecule has 140 valence electrons. The van der Waals surface area contributed by atoms with E-state index in [0.29, 0.717) is 13.1 Å². The molecule has 3 rings (SSSR count). The highest BCUT2D eigenvalue weighted by Crippen LogP contribution is 2.30. The molecule has 0 amide bonds. The van der Waals surface area contributed by atoms with E-state index in [1.807, 2.05) is 35.2 Å². The molecule has 0 spiro atoms. The van der Waals surface area contributed by atoms with Crippen molar-refractivity contribution in [3.63, 3.8) is 0 Å². The summed E-state index contributed by atoms with van der Waals surface area (Å²) in [7, 11) is 0. The van der Waals surface area contributed by atoms with Gasteiger partial charge in [-0.2, -0.15) is 0 Å². The van der Waals surface area contributed by atoms with Crippen molar-refractivity contribution in [2.24, 2.45) is 0 Å². The van der Waals surface area contributed by atoms with E-state index in [0.717, 1.165) is 24.0 Å². The summed E-state index contributed by atoms with van der Waals surface area (Å²) in [5.74, 6) is -1.06. The number of carbonyl (C=O) groups is 1. The Morgan fingerprint density at radius 3 is 2.23 bits per heavy atom. The van der Waals surface area contributed by atoms with E-state index in [1.54, 1.807) is 12.1 Å². The van der Waals surface area contributed by atoms with Crippen molar-refractivity contribution >= 4 is 18.4 Å². The van der Waals surface area contributed by atoms with Gasteiger partial charge in [0, 0.05) is 13.1 Å². The number of carboxylic acid groups (broad SMARTS) is 1. The van der Waals surface area contributed by atoms with Gasteiger partial charge in [-0.05, 0) is 36.1 Å². The van der Waals surface area contributed by atoms with Crippen LogP contribution in [-0.4, -0.2) is 41.7 Å². The molecule has 0 saturated carbocycles. The van der Waals surface area contributed by atoms with Crippen molar-refractivity contribution in [3.8, 4) is 0 Å². The molecule has 6 heteroatoms. The fourth-order valence-corrected chi connectivity index (χ4v) is 3.20.